The van der Waals surface area contributed by atoms with E-state index in [0.717, 1.165) is 42.4 Å². The summed E-state index contributed by atoms with van der Waals surface area (Å²) in [6.07, 6.45) is 7.75. The maximum Gasteiger partial charge on any atom is 0.204 e. The molecule has 0 saturated carbocycles. The van der Waals surface area contributed by atoms with Gasteiger partial charge in [-0.05, 0) is 67.6 Å². The van der Waals surface area contributed by atoms with Gasteiger partial charge < -0.3 is 21.9 Å². The highest BCUT2D eigenvalue weighted by atomic mass is 16.3. The molecule has 2 aromatic carbocycles. The van der Waals surface area contributed by atoms with Gasteiger partial charge in [-0.3, -0.25) is 14.6 Å². The van der Waals surface area contributed by atoms with Crippen LogP contribution in [0.3, 0.4) is 0 Å². The van der Waals surface area contributed by atoms with E-state index in [1.165, 1.54) is 18.0 Å². The SMILES string of the molecule is C=CC=N/C=C(\C)C=O.CC.CNCCCC(C)(C)c1ccc(-c2cccc(CN)c2)c(O)c1.NC=O. The number of hydrogen-bond donors (Lipinski definition) is 4. The summed E-state index contributed by atoms with van der Waals surface area (Å²) in [6.45, 7) is 15.1. The molecule has 37 heavy (non-hydrogen) atoms. The van der Waals surface area contributed by atoms with Crippen molar-refractivity contribution in [3.05, 3.63) is 78.0 Å². The number of nitrogens with two attached hydrogens (primary N) is 2. The molecule has 2 rings (SSSR count). The molecule has 7 heteroatoms. The number of aromatic hydroxyl groups is 1. The minimum atomic E-state index is 0.0476. The normalized spacial score (nSPS) is 10.6. The fourth-order valence-electron chi connectivity index (χ4n) is 3.17. The van der Waals surface area contributed by atoms with E-state index in [2.05, 4.69) is 42.5 Å². The number of rotatable bonds is 10. The quantitative estimate of drug-likeness (QED) is 0.150. The van der Waals surface area contributed by atoms with E-state index in [9.17, 15) is 9.90 Å². The van der Waals surface area contributed by atoms with E-state index >= 15 is 0 Å². The highest BCUT2D eigenvalue weighted by Crippen LogP contribution is 2.36. The van der Waals surface area contributed by atoms with Crippen molar-refractivity contribution in [2.45, 2.75) is 59.4 Å². The summed E-state index contributed by atoms with van der Waals surface area (Å²) in [5, 5.41) is 13.7. The molecule has 0 unspecified atom stereocenters. The average Bonchev–Trinajstić information content (AvgIpc) is 2.90. The van der Waals surface area contributed by atoms with Gasteiger partial charge in [-0.2, -0.15) is 0 Å². The third-order valence-corrected chi connectivity index (χ3v) is 5.14. The van der Waals surface area contributed by atoms with Crippen molar-refractivity contribution < 1.29 is 14.7 Å². The van der Waals surface area contributed by atoms with E-state index in [1.807, 2.05) is 57.3 Å². The molecule has 0 aliphatic rings. The van der Waals surface area contributed by atoms with Crippen LogP contribution in [0.25, 0.3) is 11.1 Å². The van der Waals surface area contributed by atoms with Crippen LogP contribution in [0.1, 0.15) is 58.6 Å². The van der Waals surface area contributed by atoms with Gasteiger partial charge in [0.05, 0.1) is 0 Å². The molecule has 0 heterocycles. The van der Waals surface area contributed by atoms with Crippen LogP contribution in [0, 0.1) is 0 Å². The zero-order chi connectivity index (χ0) is 28.7. The molecule has 0 aromatic heterocycles. The van der Waals surface area contributed by atoms with Gasteiger partial charge in [0.1, 0.15) is 12.0 Å². The summed E-state index contributed by atoms with van der Waals surface area (Å²) in [5.41, 5.74) is 14.6. The average molecular weight is 511 g/mol. The minimum Gasteiger partial charge on any atom is -0.507 e. The number of phenolic OH excluding ortho intramolecular Hbond substituents is 1. The molecule has 0 saturated heterocycles. The van der Waals surface area contributed by atoms with E-state index in [0.29, 0.717) is 17.9 Å². The van der Waals surface area contributed by atoms with Crippen LogP contribution in [0.5, 0.6) is 5.75 Å². The van der Waals surface area contributed by atoms with Gasteiger partial charge in [0.15, 0.2) is 0 Å². The van der Waals surface area contributed by atoms with Crippen molar-refractivity contribution in [2.24, 2.45) is 16.5 Å². The van der Waals surface area contributed by atoms with Crippen LogP contribution in [0.15, 0.2) is 71.9 Å². The fraction of sp³-hybridized carbons (Fsp3) is 0.367. The molecule has 0 atom stereocenters. The first kappa shape index (κ1) is 35.6. The van der Waals surface area contributed by atoms with Gasteiger partial charge in [-0.1, -0.05) is 70.7 Å². The largest absolute Gasteiger partial charge is 0.507 e. The summed E-state index contributed by atoms with van der Waals surface area (Å²) in [6, 6.07) is 14.1. The Kier molecular flexibility index (Phi) is 20.9. The summed E-state index contributed by atoms with van der Waals surface area (Å²) >= 11 is 0. The predicted molar refractivity (Wildman–Crippen MR) is 158 cm³/mol. The zero-order valence-corrected chi connectivity index (χ0v) is 23.3. The molecule has 0 bridgehead atoms. The molecular weight excluding hydrogens is 464 g/mol. The molecule has 0 aliphatic heterocycles. The Morgan fingerprint density at radius 3 is 2.32 bits per heavy atom. The van der Waals surface area contributed by atoms with Gasteiger partial charge in [-0.15, -0.1) is 0 Å². The molecule has 0 aliphatic carbocycles. The Hall–Kier alpha value is -3.55. The number of aliphatic imine (C=N–C) groups is 1. The molecular formula is C30H46N4O3. The maximum atomic E-state index is 10.5. The Morgan fingerprint density at radius 1 is 1.16 bits per heavy atom. The standard InChI is InChI=1S/C20H28N2O.C7H9NO.C2H6.CH3NO/c1-20(2,10-5-11-22-3)17-8-9-18(19(23)13-17)16-7-4-6-15(12-16)14-21;1-3-4-8-5-7(2)6-9;1-2;2-1-3/h4,6-9,12-13,22-23H,5,10-11,14,21H2,1-3H3;3-6H,1H2,2H3;1-2H3;1H,(H2,2,3)/b;7-5+,8-4?;;. The number of carbonyl (C=O) groups is 2. The first-order valence-corrected chi connectivity index (χ1v) is 12.4. The van der Waals surface area contributed by atoms with Crippen molar-refractivity contribution in [1.82, 2.24) is 5.32 Å². The third-order valence-electron chi connectivity index (χ3n) is 5.14. The predicted octanol–water partition coefficient (Wildman–Crippen LogP) is 5.27. The fourth-order valence-corrected chi connectivity index (χ4v) is 3.17. The van der Waals surface area contributed by atoms with Crippen LogP contribution in [-0.4, -0.2) is 37.6 Å². The number of aldehydes is 1. The Bertz CT molecular complexity index is 983. The monoisotopic (exact) mass is 510 g/mol. The van der Waals surface area contributed by atoms with E-state index < -0.39 is 0 Å². The Morgan fingerprint density at radius 2 is 1.81 bits per heavy atom. The van der Waals surface area contributed by atoms with Gasteiger partial charge in [-0.25, -0.2) is 0 Å². The van der Waals surface area contributed by atoms with Crippen molar-refractivity contribution in [1.29, 1.82) is 0 Å². The smallest absolute Gasteiger partial charge is 0.204 e. The second-order valence-electron chi connectivity index (χ2n) is 8.39. The first-order chi connectivity index (χ1) is 17.7. The van der Waals surface area contributed by atoms with Gasteiger partial charge >= 0.3 is 0 Å². The number of hydrogen-bond acceptors (Lipinski definition) is 6. The highest BCUT2D eigenvalue weighted by Gasteiger charge is 2.21. The molecule has 0 fully saturated rings. The Labute approximate surface area is 223 Å². The van der Waals surface area contributed by atoms with Crippen LogP contribution in [0.4, 0.5) is 0 Å². The summed E-state index contributed by atoms with van der Waals surface area (Å²) in [5.74, 6) is 0.332. The number of allylic oxidation sites excluding steroid dienone is 2. The van der Waals surface area contributed by atoms with Crippen LogP contribution in [-0.2, 0) is 21.5 Å². The zero-order valence-electron chi connectivity index (χ0n) is 23.3. The van der Waals surface area contributed by atoms with Crippen LogP contribution in [0.2, 0.25) is 0 Å². The summed E-state index contributed by atoms with van der Waals surface area (Å²) in [7, 11) is 1.98. The number of phenols is 1. The highest BCUT2D eigenvalue weighted by molar-refractivity contribution is 5.74. The lowest BCUT2D eigenvalue weighted by Crippen LogP contribution is -2.19. The van der Waals surface area contributed by atoms with Crippen molar-refractivity contribution in [3.8, 4) is 16.9 Å². The van der Waals surface area contributed by atoms with E-state index in [-0.39, 0.29) is 11.8 Å². The molecule has 0 spiro atoms. The number of nitrogens with one attached hydrogen (secondary N) is 1. The third kappa shape index (κ3) is 15.2. The summed E-state index contributed by atoms with van der Waals surface area (Å²) < 4.78 is 0. The summed E-state index contributed by atoms with van der Waals surface area (Å²) in [4.78, 5) is 22.2. The molecule has 7 nitrogen and oxygen atoms in total. The lowest BCUT2D eigenvalue weighted by Gasteiger charge is -2.26. The van der Waals surface area contributed by atoms with Gasteiger partial charge in [0, 0.05) is 30.1 Å². The lowest BCUT2D eigenvalue weighted by molar-refractivity contribution is -0.107. The lowest BCUT2D eigenvalue weighted by atomic mass is 9.80. The maximum absolute atomic E-state index is 10.5. The number of nitrogens with zero attached hydrogens (tertiary/aromatic N) is 1. The molecule has 0 radical (unpaired) electrons. The van der Waals surface area contributed by atoms with Crippen molar-refractivity contribution in [3.63, 3.8) is 0 Å². The second-order valence-corrected chi connectivity index (χ2v) is 8.39. The molecule has 6 N–H and O–H groups in total. The van der Waals surface area contributed by atoms with E-state index in [4.69, 9.17) is 10.5 Å². The van der Waals surface area contributed by atoms with Crippen LogP contribution >= 0.6 is 0 Å². The van der Waals surface area contributed by atoms with E-state index in [1.54, 1.807) is 13.0 Å². The first-order valence-electron chi connectivity index (χ1n) is 12.4. The van der Waals surface area contributed by atoms with Crippen molar-refractivity contribution in [2.75, 3.05) is 13.6 Å². The number of amides is 1. The number of primary amides is 1. The molecule has 2 aromatic rings. The number of carbonyl (C=O) groups excluding carboxylic acids is 2. The molecule has 204 valence electrons. The van der Waals surface area contributed by atoms with Gasteiger partial charge in [0.2, 0.25) is 6.41 Å². The Balaban J connectivity index is 0. The minimum absolute atomic E-state index is 0.0476. The second kappa shape index (κ2) is 21.7. The van der Waals surface area contributed by atoms with Gasteiger partial charge in [0.25, 0.3) is 0 Å². The number of benzene rings is 2. The topological polar surface area (TPSA) is 131 Å². The van der Waals surface area contributed by atoms with Crippen molar-refractivity contribution >= 4 is 18.9 Å². The molecule has 1 amide bonds. The van der Waals surface area contributed by atoms with Crippen LogP contribution < -0.4 is 16.8 Å².